The standard InChI is InChI=1S/C17H28N2O5/c1-5-23-15(21)14(18)13(20)7-6-12-8-10-19(11-9-12)16(22)24-17(2,3)4/h12,18H,5-11H2,1-4H3. The fourth-order valence-electron chi connectivity index (χ4n) is 2.51. The minimum Gasteiger partial charge on any atom is -0.461 e. The molecular weight excluding hydrogens is 312 g/mol. The van der Waals surface area contributed by atoms with Crippen molar-refractivity contribution in [1.82, 2.24) is 4.90 Å². The first kappa shape index (κ1) is 20.1. The second-order valence-electron chi connectivity index (χ2n) is 6.97. The van der Waals surface area contributed by atoms with Gasteiger partial charge in [-0.25, -0.2) is 9.59 Å². The number of likely N-dealkylation sites (tertiary alicyclic amines) is 1. The van der Waals surface area contributed by atoms with Gasteiger partial charge in [-0.3, -0.25) is 10.2 Å². The molecule has 0 aliphatic carbocycles. The zero-order valence-corrected chi connectivity index (χ0v) is 15.0. The highest BCUT2D eigenvalue weighted by molar-refractivity contribution is 6.63. The molecule has 0 spiro atoms. The van der Waals surface area contributed by atoms with Crippen molar-refractivity contribution >= 4 is 23.6 Å². The maximum atomic E-state index is 12.0. The first-order chi connectivity index (χ1) is 11.1. The fraction of sp³-hybridized carbons (Fsp3) is 0.765. The minimum absolute atomic E-state index is 0.150. The third kappa shape index (κ3) is 6.68. The van der Waals surface area contributed by atoms with E-state index in [1.54, 1.807) is 11.8 Å². The summed E-state index contributed by atoms with van der Waals surface area (Å²) in [7, 11) is 0. The van der Waals surface area contributed by atoms with Gasteiger partial charge in [-0.2, -0.15) is 0 Å². The summed E-state index contributed by atoms with van der Waals surface area (Å²) in [5.41, 5.74) is -1.09. The van der Waals surface area contributed by atoms with E-state index in [2.05, 4.69) is 4.74 Å². The quantitative estimate of drug-likeness (QED) is 0.455. The summed E-state index contributed by atoms with van der Waals surface area (Å²) in [6.45, 7) is 8.49. The Morgan fingerprint density at radius 3 is 2.25 bits per heavy atom. The largest absolute Gasteiger partial charge is 0.461 e. The van der Waals surface area contributed by atoms with Crippen LogP contribution in [0.4, 0.5) is 4.79 Å². The molecule has 1 aliphatic rings. The van der Waals surface area contributed by atoms with Gasteiger partial charge in [-0.05, 0) is 52.9 Å². The number of ketones is 1. The summed E-state index contributed by atoms with van der Waals surface area (Å²) >= 11 is 0. The summed E-state index contributed by atoms with van der Waals surface area (Å²) in [6.07, 6.45) is 2.05. The molecule has 0 saturated carbocycles. The number of esters is 1. The van der Waals surface area contributed by atoms with Crippen molar-refractivity contribution in [2.45, 2.75) is 59.0 Å². The third-order valence-corrected chi connectivity index (χ3v) is 3.80. The minimum atomic E-state index is -0.859. The van der Waals surface area contributed by atoms with Crippen molar-refractivity contribution in [3.63, 3.8) is 0 Å². The molecule has 1 N–H and O–H groups in total. The van der Waals surface area contributed by atoms with E-state index < -0.39 is 23.1 Å². The van der Waals surface area contributed by atoms with Gasteiger partial charge in [0, 0.05) is 19.5 Å². The lowest BCUT2D eigenvalue weighted by atomic mass is 9.91. The number of hydrogen-bond donors (Lipinski definition) is 1. The average molecular weight is 340 g/mol. The highest BCUT2D eigenvalue weighted by atomic mass is 16.6. The molecule has 0 aromatic carbocycles. The van der Waals surface area contributed by atoms with Crippen LogP contribution in [0.15, 0.2) is 0 Å². The first-order valence-corrected chi connectivity index (χ1v) is 8.40. The highest BCUT2D eigenvalue weighted by Gasteiger charge is 2.27. The predicted molar refractivity (Wildman–Crippen MR) is 89.1 cm³/mol. The Labute approximate surface area is 143 Å². The van der Waals surface area contributed by atoms with Crippen molar-refractivity contribution in [1.29, 1.82) is 5.41 Å². The maximum Gasteiger partial charge on any atom is 0.410 e. The number of piperidine rings is 1. The Morgan fingerprint density at radius 1 is 1.17 bits per heavy atom. The molecule has 0 atom stereocenters. The van der Waals surface area contributed by atoms with Gasteiger partial charge in [0.15, 0.2) is 11.5 Å². The summed E-state index contributed by atoms with van der Waals surface area (Å²) in [5, 5.41) is 7.50. The molecule has 0 aromatic rings. The van der Waals surface area contributed by atoms with E-state index >= 15 is 0 Å². The van der Waals surface area contributed by atoms with Crippen LogP contribution in [0.3, 0.4) is 0 Å². The average Bonchev–Trinajstić information content (AvgIpc) is 2.50. The number of amides is 1. The van der Waals surface area contributed by atoms with Crippen LogP contribution < -0.4 is 0 Å². The molecule has 24 heavy (non-hydrogen) atoms. The van der Waals surface area contributed by atoms with Crippen molar-refractivity contribution < 1.29 is 23.9 Å². The molecule has 1 fully saturated rings. The molecule has 1 amide bonds. The van der Waals surface area contributed by atoms with Gasteiger partial charge in [0.1, 0.15) is 5.60 Å². The highest BCUT2D eigenvalue weighted by Crippen LogP contribution is 2.23. The number of carbonyl (C=O) groups excluding carboxylic acids is 3. The monoisotopic (exact) mass is 340 g/mol. The van der Waals surface area contributed by atoms with Crippen LogP contribution in [0.25, 0.3) is 0 Å². The molecule has 1 saturated heterocycles. The van der Waals surface area contributed by atoms with Crippen LogP contribution in [-0.4, -0.2) is 53.8 Å². The SMILES string of the molecule is CCOC(=O)C(=N)C(=O)CCC1CCN(C(=O)OC(C)(C)C)CC1. The maximum absolute atomic E-state index is 12.0. The van der Waals surface area contributed by atoms with Crippen molar-refractivity contribution in [2.75, 3.05) is 19.7 Å². The number of hydrogen-bond acceptors (Lipinski definition) is 6. The zero-order chi connectivity index (χ0) is 18.3. The Morgan fingerprint density at radius 2 is 1.75 bits per heavy atom. The fourth-order valence-corrected chi connectivity index (χ4v) is 2.51. The summed E-state index contributed by atoms with van der Waals surface area (Å²) in [6, 6.07) is 0. The van der Waals surface area contributed by atoms with Crippen LogP contribution in [0.5, 0.6) is 0 Å². The summed E-state index contributed by atoms with van der Waals surface area (Å²) < 4.78 is 10.00. The van der Waals surface area contributed by atoms with E-state index in [0.717, 1.165) is 12.8 Å². The molecule has 0 radical (unpaired) electrons. The Hall–Kier alpha value is -1.92. The van der Waals surface area contributed by atoms with E-state index in [1.165, 1.54) is 0 Å². The summed E-state index contributed by atoms with van der Waals surface area (Å²) in [5.74, 6) is -1.03. The molecule has 136 valence electrons. The molecular formula is C17H28N2O5. The Balaban J connectivity index is 2.34. The predicted octanol–water partition coefficient (Wildman–Crippen LogP) is 2.57. The lowest BCUT2D eigenvalue weighted by Gasteiger charge is -2.33. The van der Waals surface area contributed by atoms with Crippen molar-refractivity contribution in [3.8, 4) is 0 Å². The molecule has 1 heterocycles. The van der Waals surface area contributed by atoms with Gasteiger partial charge in [0.05, 0.1) is 6.61 Å². The van der Waals surface area contributed by atoms with Crippen molar-refractivity contribution in [2.24, 2.45) is 5.92 Å². The van der Waals surface area contributed by atoms with Gasteiger partial charge < -0.3 is 14.4 Å². The molecule has 7 nitrogen and oxygen atoms in total. The molecule has 0 unspecified atom stereocenters. The number of nitrogens with zero attached hydrogens (tertiary/aromatic N) is 1. The van der Waals surface area contributed by atoms with E-state index in [9.17, 15) is 14.4 Å². The van der Waals surface area contributed by atoms with Crippen LogP contribution in [0.2, 0.25) is 0 Å². The van der Waals surface area contributed by atoms with Crippen LogP contribution in [0.1, 0.15) is 53.4 Å². The van der Waals surface area contributed by atoms with E-state index in [1.807, 2.05) is 20.8 Å². The first-order valence-electron chi connectivity index (χ1n) is 8.40. The normalized spacial score (nSPS) is 15.8. The molecule has 1 aliphatic heterocycles. The Kier molecular flexibility index (Phi) is 7.38. The lowest BCUT2D eigenvalue weighted by molar-refractivity contribution is -0.135. The summed E-state index contributed by atoms with van der Waals surface area (Å²) in [4.78, 5) is 36.8. The second-order valence-corrected chi connectivity index (χ2v) is 6.97. The van der Waals surface area contributed by atoms with Gasteiger partial charge in [-0.15, -0.1) is 0 Å². The number of Topliss-reactive ketones (excluding diaryl/α,β-unsaturated/α-hetero) is 1. The smallest absolute Gasteiger partial charge is 0.410 e. The van der Waals surface area contributed by atoms with Crippen LogP contribution in [0, 0.1) is 11.3 Å². The van der Waals surface area contributed by atoms with E-state index in [0.29, 0.717) is 25.4 Å². The molecule has 0 aromatic heterocycles. The number of rotatable bonds is 6. The number of ether oxygens (including phenoxy) is 2. The van der Waals surface area contributed by atoms with Gasteiger partial charge in [-0.1, -0.05) is 0 Å². The van der Waals surface area contributed by atoms with Gasteiger partial charge >= 0.3 is 12.1 Å². The zero-order valence-electron chi connectivity index (χ0n) is 15.0. The van der Waals surface area contributed by atoms with Gasteiger partial charge in [0.2, 0.25) is 0 Å². The molecule has 7 heteroatoms. The van der Waals surface area contributed by atoms with Gasteiger partial charge in [0.25, 0.3) is 0 Å². The second kappa shape index (κ2) is 8.80. The number of nitrogens with one attached hydrogen (secondary N) is 1. The van der Waals surface area contributed by atoms with Crippen LogP contribution in [-0.2, 0) is 19.1 Å². The molecule has 0 bridgehead atoms. The lowest BCUT2D eigenvalue weighted by Crippen LogP contribution is -2.41. The number of carbonyl (C=O) groups is 3. The third-order valence-electron chi connectivity index (χ3n) is 3.80. The Bertz CT molecular complexity index is 488. The van der Waals surface area contributed by atoms with Crippen molar-refractivity contribution in [3.05, 3.63) is 0 Å². The molecule has 1 rings (SSSR count). The van der Waals surface area contributed by atoms with E-state index in [-0.39, 0.29) is 19.1 Å². The topological polar surface area (TPSA) is 96.8 Å². The van der Waals surface area contributed by atoms with Crippen LogP contribution >= 0.6 is 0 Å². The van der Waals surface area contributed by atoms with E-state index in [4.69, 9.17) is 10.1 Å².